The van der Waals surface area contributed by atoms with E-state index in [-0.39, 0.29) is 11.3 Å². The first kappa shape index (κ1) is 21.1. The van der Waals surface area contributed by atoms with Crippen molar-refractivity contribution in [3.05, 3.63) is 83.2 Å². The number of aryl methyl sites for hydroxylation is 2. The van der Waals surface area contributed by atoms with E-state index in [9.17, 15) is 14.4 Å². The predicted octanol–water partition coefficient (Wildman–Crippen LogP) is 4.16. The van der Waals surface area contributed by atoms with E-state index in [4.69, 9.17) is 4.74 Å². The number of hydrogen-bond acceptors (Lipinski definition) is 4. The van der Waals surface area contributed by atoms with Crippen molar-refractivity contribution in [3.8, 4) is 11.4 Å². The summed E-state index contributed by atoms with van der Waals surface area (Å²) in [6.07, 6.45) is 3.35. The minimum Gasteiger partial charge on any atom is -0.492 e. The van der Waals surface area contributed by atoms with Gasteiger partial charge in [-0.1, -0.05) is 18.2 Å². The Hall–Kier alpha value is -4.13. The first-order valence-electron chi connectivity index (χ1n) is 10.3. The van der Waals surface area contributed by atoms with E-state index in [0.717, 1.165) is 16.2 Å². The van der Waals surface area contributed by atoms with Gasteiger partial charge in [-0.15, -0.1) is 0 Å². The number of ether oxygens (including phenoxy) is 1. The molecule has 4 rings (SSSR count). The molecule has 1 aliphatic rings. The monoisotopic (exact) mass is 429 g/mol. The van der Waals surface area contributed by atoms with Crippen LogP contribution in [-0.2, 0) is 9.59 Å². The van der Waals surface area contributed by atoms with Crippen LogP contribution in [0.5, 0.6) is 5.75 Å². The molecule has 0 atom stereocenters. The molecule has 7 nitrogen and oxygen atoms in total. The largest absolute Gasteiger partial charge is 0.492 e. The predicted molar refractivity (Wildman–Crippen MR) is 122 cm³/mol. The number of rotatable bonds is 5. The molecular weight excluding hydrogens is 406 g/mol. The van der Waals surface area contributed by atoms with Crippen LogP contribution in [0.3, 0.4) is 0 Å². The summed E-state index contributed by atoms with van der Waals surface area (Å²) in [7, 11) is 0. The van der Waals surface area contributed by atoms with Crippen molar-refractivity contribution >= 4 is 29.6 Å². The Labute approximate surface area is 185 Å². The van der Waals surface area contributed by atoms with Gasteiger partial charge in [0.15, 0.2) is 0 Å². The number of anilines is 1. The Morgan fingerprint density at radius 1 is 0.969 bits per heavy atom. The molecule has 0 radical (unpaired) electrons. The maximum atomic E-state index is 13.3. The summed E-state index contributed by atoms with van der Waals surface area (Å²) in [6.45, 7) is 6.24. The third-order valence-corrected chi connectivity index (χ3v) is 5.35. The van der Waals surface area contributed by atoms with E-state index >= 15 is 0 Å². The first-order chi connectivity index (χ1) is 15.4. The number of aromatic nitrogens is 1. The van der Waals surface area contributed by atoms with Gasteiger partial charge in [0, 0.05) is 17.6 Å². The normalized spacial score (nSPS) is 15.3. The van der Waals surface area contributed by atoms with Gasteiger partial charge in [0.05, 0.1) is 12.3 Å². The van der Waals surface area contributed by atoms with Crippen molar-refractivity contribution in [2.45, 2.75) is 20.8 Å². The van der Waals surface area contributed by atoms with Gasteiger partial charge in [-0.25, -0.2) is 9.69 Å². The van der Waals surface area contributed by atoms with Crippen LogP contribution in [0.25, 0.3) is 11.8 Å². The second-order valence-electron chi connectivity index (χ2n) is 7.43. The van der Waals surface area contributed by atoms with Crippen LogP contribution in [0.2, 0.25) is 0 Å². The molecule has 0 spiro atoms. The standard InChI is InChI=1S/C25H23N3O4/c1-4-32-22-10-6-5-9-21(22)28-24(30)20(23(29)26-25(28)31)15-18-8-7-13-27(18)19-12-11-16(2)17(3)14-19/h5-15H,4H2,1-3H3,(H,26,29,31)/b20-15+. The van der Waals surface area contributed by atoms with Crippen LogP contribution in [-0.4, -0.2) is 29.0 Å². The van der Waals surface area contributed by atoms with Crippen LogP contribution in [0.1, 0.15) is 23.7 Å². The molecule has 1 N–H and O–H groups in total. The van der Waals surface area contributed by atoms with Gasteiger partial charge >= 0.3 is 6.03 Å². The zero-order valence-corrected chi connectivity index (χ0v) is 18.1. The molecule has 0 aliphatic carbocycles. The summed E-state index contributed by atoms with van der Waals surface area (Å²) in [6, 6.07) is 15.6. The molecular formula is C25H23N3O4. The lowest BCUT2D eigenvalue weighted by Crippen LogP contribution is -2.54. The fourth-order valence-electron chi connectivity index (χ4n) is 3.57. The SMILES string of the molecule is CCOc1ccccc1N1C(=O)NC(=O)/C(=C\c2cccn2-c2ccc(C)c(C)c2)C1=O. The highest BCUT2D eigenvalue weighted by Crippen LogP contribution is 2.31. The van der Waals surface area contributed by atoms with E-state index in [0.29, 0.717) is 18.1 Å². The van der Waals surface area contributed by atoms with Crippen molar-refractivity contribution < 1.29 is 19.1 Å². The third kappa shape index (κ3) is 3.80. The minimum atomic E-state index is -0.811. The van der Waals surface area contributed by atoms with E-state index in [1.807, 2.05) is 55.8 Å². The highest BCUT2D eigenvalue weighted by Gasteiger charge is 2.38. The lowest BCUT2D eigenvalue weighted by atomic mass is 10.1. The number of benzene rings is 2. The lowest BCUT2D eigenvalue weighted by molar-refractivity contribution is -0.122. The molecule has 7 heteroatoms. The van der Waals surface area contributed by atoms with Crippen LogP contribution in [0.15, 0.2) is 66.4 Å². The Morgan fingerprint density at radius 2 is 1.75 bits per heavy atom. The van der Waals surface area contributed by atoms with Crippen LogP contribution < -0.4 is 15.0 Å². The molecule has 0 unspecified atom stereocenters. The zero-order chi connectivity index (χ0) is 22.8. The van der Waals surface area contributed by atoms with Crippen molar-refractivity contribution in [1.82, 2.24) is 9.88 Å². The lowest BCUT2D eigenvalue weighted by Gasteiger charge is -2.27. The first-order valence-corrected chi connectivity index (χ1v) is 10.3. The number of barbiturate groups is 1. The number of imide groups is 2. The number of nitrogens with zero attached hydrogens (tertiary/aromatic N) is 2. The van der Waals surface area contributed by atoms with Crippen molar-refractivity contribution in [3.63, 3.8) is 0 Å². The molecule has 1 fully saturated rings. The van der Waals surface area contributed by atoms with Crippen molar-refractivity contribution in [2.24, 2.45) is 0 Å². The Kier molecular flexibility index (Phi) is 5.64. The average Bonchev–Trinajstić information content (AvgIpc) is 3.22. The van der Waals surface area contributed by atoms with E-state index in [1.54, 1.807) is 30.3 Å². The number of amides is 4. The second-order valence-corrected chi connectivity index (χ2v) is 7.43. The van der Waals surface area contributed by atoms with Crippen LogP contribution in [0, 0.1) is 13.8 Å². The highest BCUT2D eigenvalue weighted by molar-refractivity contribution is 6.39. The van der Waals surface area contributed by atoms with Gasteiger partial charge in [-0.3, -0.25) is 14.9 Å². The highest BCUT2D eigenvalue weighted by atomic mass is 16.5. The summed E-state index contributed by atoms with van der Waals surface area (Å²) in [4.78, 5) is 39.4. The fourth-order valence-corrected chi connectivity index (χ4v) is 3.57. The number of hydrogen-bond donors (Lipinski definition) is 1. The Morgan fingerprint density at radius 3 is 2.50 bits per heavy atom. The smallest absolute Gasteiger partial charge is 0.336 e. The zero-order valence-electron chi connectivity index (χ0n) is 18.1. The number of carbonyl (C=O) groups excluding carboxylic acids is 3. The maximum absolute atomic E-state index is 13.3. The third-order valence-electron chi connectivity index (χ3n) is 5.35. The van der Waals surface area contributed by atoms with Gasteiger partial charge in [0.2, 0.25) is 0 Å². The second kappa shape index (κ2) is 8.55. The van der Waals surface area contributed by atoms with E-state index in [2.05, 4.69) is 5.32 Å². The molecule has 2 aromatic carbocycles. The fraction of sp³-hybridized carbons (Fsp3) is 0.160. The summed E-state index contributed by atoms with van der Waals surface area (Å²) >= 11 is 0. The molecule has 2 heterocycles. The topological polar surface area (TPSA) is 80.6 Å². The summed E-state index contributed by atoms with van der Waals surface area (Å²) in [5, 5.41) is 2.26. The van der Waals surface area contributed by atoms with Crippen molar-refractivity contribution in [1.29, 1.82) is 0 Å². The number of urea groups is 1. The molecule has 0 saturated carbocycles. The molecule has 4 amide bonds. The van der Waals surface area contributed by atoms with Gasteiger partial charge in [0.25, 0.3) is 11.8 Å². The number of para-hydroxylation sites is 2. The Balaban J connectivity index is 1.76. The van der Waals surface area contributed by atoms with Gasteiger partial charge in [-0.2, -0.15) is 0 Å². The molecule has 32 heavy (non-hydrogen) atoms. The molecule has 1 aliphatic heterocycles. The average molecular weight is 429 g/mol. The number of carbonyl (C=O) groups is 3. The molecule has 162 valence electrons. The summed E-state index contributed by atoms with van der Waals surface area (Å²) < 4.78 is 7.45. The number of nitrogens with one attached hydrogen (secondary N) is 1. The minimum absolute atomic E-state index is 0.139. The molecule has 1 saturated heterocycles. The van der Waals surface area contributed by atoms with E-state index in [1.165, 1.54) is 11.6 Å². The van der Waals surface area contributed by atoms with Crippen molar-refractivity contribution in [2.75, 3.05) is 11.5 Å². The Bertz CT molecular complexity index is 1260. The van der Waals surface area contributed by atoms with Gasteiger partial charge in [0.1, 0.15) is 11.3 Å². The van der Waals surface area contributed by atoms with E-state index < -0.39 is 17.8 Å². The summed E-state index contributed by atoms with van der Waals surface area (Å²) in [5.74, 6) is -1.07. The van der Waals surface area contributed by atoms with Crippen LogP contribution >= 0.6 is 0 Å². The quantitative estimate of drug-likeness (QED) is 0.488. The molecule has 1 aromatic heterocycles. The molecule has 3 aromatic rings. The van der Waals surface area contributed by atoms with Gasteiger partial charge < -0.3 is 9.30 Å². The molecule has 0 bridgehead atoms. The summed E-state index contributed by atoms with van der Waals surface area (Å²) in [5.41, 5.74) is 3.98. The van der Waals surface area contributed by atoms with Gasteiger partial charge in [-0.05, 0) is 74.4 Å². The maximum Gasteiger partial charge on any atom is 0.336 e. The van der Waals surface area contributed by atoms with Crippen LogP contribution in [0.4, 0.5) is 10.5 Å².